The van der Waals surface area contributed by atoms with Gasteiger partial charge in [0.25, 0.3) is 0 Å². The van der Waals surface area contributed by atoms with Crippen LogP contribution in [-0.2, 0) is 0 Å². The number of para-hydroxylation sites is 2. The molecule has 2 aromatic heterocycles. The van der Waals surface area contributed by atoms with Crippen LogP contribution < -0.4 is 4.90 Å². The van der Waals surface area contributed by atoms with Gasteiger partial charge in [-0.15, -0.1) is 0 Å². The van der Waals surface area contributed by atoms with Gasteiger partial charge in [0.1, 0.15) is 11.2 Å². The Labute approximate surface area is 366 Å². The van der Waals surface area contributed by atoms with Crippen LogP contribution in [0.1, 0.15) is 6.85 Å². The van der Waals surface area contributed by atoms with Crippen molar-refractivity contribution < 1.29 is 11.3 Å². The number of nitrogens with zero attached hydrogens (tertiary/aromatic N) is 4. The number of fused-ring (bicyclic) bond motifs is 3. The number of rotatable bonds is 9. The first-order valence-electron chi connectivity index (χ1n) is 22.9. The summed E-state index contributed by atoms with van der Waals surface area (Å²) in [6.07, 6.45) is 0. The molecule has 11 rings (SSSR count). The Balaban J connectivity index is 1.00. The Morgan fingerprint density at radius 3 is 1.56 bits per heavy atom. The maximum absolute atomic E-state index is 8.72. The van der Waals surface area contributed by atoms with Crippen LogP contribution in [-0.4, -0.2) is 15.0 Å². The molecule has 0 bridgehead atoms. The number of hydrogen-bond acceptors (Lipinski definition) is 5. The largest absolute Gasteiger partial charge is 0.455 e. The van der Waals surface area contributed by atoms with E-state index in [2.05, 4.69) is 125 Å². The molecule has 0 aliphatic heterocycles. The summed E-state index contributed by atoms with van der Waals surface area (Å²) in [5.74, 6) is 0.571. The molecule has 2 heterocycles. The van der Waals surface area contributed by atoms with Crippen molar-refractivity contribution in [3.63, 3.8) is 0 Å². The standard InChI is InChI=1S/C57H38N4O/c1-5-16-39(17-6-1)40-28-32-47(33-29-40)61(46-24-11-4-12-25-46)48-34-30-41(31-35-48)49-36-37-50(54-53(49)51-26-13-14-27-52(51)62-54)44-22-15-23-45(38-44)57-59-55(42-18-7-2-8-19-42)58-56(60-57)43-20-9-3-10-21-43/h1-38H/i2D,7D,8D,18D,19D. The normalized spacial score (nSPS) is 12.4. The number of hydrogen-bond donors (Lipinski definition) is 0. The minimum atomic E-state index is -0.486. The average molecular weight is 800 g/mol. The van der Waals surface area contributed by atoms with Gasteiger partial charge in [-0.2, -0.15) is 0 Å². The predicted molar refractivity (Wildman–Crippen MR) is 254 cm³/mol. The topological polar surface area (TPSA) is 55.1 Å². The Morgan fingerprint density at radius 2 is 0.871 bits per heavy atom. The Morgan fingerprint density at radius 1 is 0.371 bits per heavy atom. The highest BCUT2D eigenvalue weighted by molar-refractivity contribution is 6.16. The molecule has 0 unspecified atom stereocenters. The monoisotopic (exact) mass is 799 g/mol. The van der Waals surface area contributed by atoms with Crippen molar-refractivity contribution >= 4 is 39.0 Å². The first-order chi connectivity index (χ1) is 32.8. The zero-order valence-corrected chi connectivity index (χ0v) is 33.2. The van der Waals surface area contributed by atoms with E-state index in [1.807, 2.05) is 84.9 Å². The van der Waals surface area contributed by atoms with Gasteiger partial charge < -0.3 is 9.32 Å². The number of aromatic nitrogens is 3. The predicted octanol–water partition coefficient (Wildman–Crippen LogP) is 15.2. The Hall–Kier alpha value is -8.41. The highest BCUT2D eigenvalue weighted by Gasteiger charge is 2.20. The maximum Gasteiger partial charge on any atom is 0.164 e. The van der Waals surface area contributed by atoms with E-state index in [-0.39, 0.29) is 29.3 Å². The molecule has 0 radical (unpaired) electrons. The number of benzene rings is 9. The fourth-order valence-electron chi connectivity index (χ4n) is 8.06. The SMILES string of the molecule is [2H]c1c([2H])c([2H])c(-c2nc(-c3ccccc3)nc(-c3cccc(-c4ccc(-c5ccc(N(c6ccccc6)c6ccc(-c7ccccc7)cc6)cc5)c5c4oc4ccccc45)c3)n2)c([2H])c1[2H]. The fraction of sp³-hybridized carbons (Fsp3) is 0. The summed E-state index contributed by atoms with van der Waals surface area (Å²) in [5.41, 5.74) is 12.0. The first-order valence-corrected chi connectivity index (χ1v) is 20.4. The van der Waals surface area contributed by atoms with Crippen molar-refractivity contribution in [2.45, 2.75) is 0 Å². The van der Waals surface area contributed by atoms with Crippen LogP contribution in [0.4, 0.5) is 17.1 Å². The van der Waals surface area contributed by atoms with Crippen molar-refractivity contribution in [3.05, 3.63) is 230 Å². The van der Waals surface area contributed by atoms with E-state index < -0.39 is 18.1 Å². The first kappa shape index (κ1) is 31.5. The summed E-state index contributed by atoms with van der Waals surface area (Å²) in [7, 11) is 0. The van der Waals surface area contributed by atoms with E-state index in [0.717, 1.165) is 66.8 Å². The van der Waals surface area contributed by atoms with E-state index in [1.165, 1.54) is 5.56 Å². The molecule has 0 atom stereocenters. The molecule has 5 nitrogen and oxygen atoms in total. The zero-order chi connectivity index (χ0) is 45.6. The van der Waals surface area contributed by atoms with E-state index in [4.69, 9.17) is 21.2 Å². The number of anilines is 3. The van der Waals surface area contributed by atoms with Gasteiger partial charge >= 0.3 is 0 Å². The molecule has 0 aliphatic rings. The summed E-state index contributed by atoms with van der Waals surface area (Å²) in [4.78, 5) is 16.6. The van der Waals surface area contributed by atoms with Gasteiger partial charge in [-0.1, -0.05) is 176 Å². The average Bonchev–Trinajstić information content (AvgIpc) is 3.78. The molecular formula is C57H38N4O. The van der Waals surface area contributed by atoms with Crippen LogP contribution in [0.3, 0.4) is 0 Å². The highest BCUT2D eigenvalue weighted by Crippen LogP contribution is 2.43. The van der Waals surface area contributed by atoms with Crippen LogP contribution in [0.2, 0.25) is 0 Å². The lowest BCUT2D eigenvalue weighted by molar-refractivity contribution is 0.670. The zero-order valence-electron chi connectivity index (χ0n) is 38.2. The van der Waals surface area contributed by atoms with Crippen LogP contribution in [0.5, 0.6) is 0 Å². The van der Waals surface area contributed by atoms with Crippen LogP contribution >= 0.6 is 0 Å². The van der Waals surface area contributed by atoms with E-state index >= 15 is 0 Å². The molecule has 0 spiro atoms. The summed E-state index contributed by atoms with van der Waals surface area (Å²) in [6, 6.07) is 65.4. The maximum atomic E-state index is 8.72. The quantitative estimate of drug-likeness (QED) is 0.146. The lowest BCUT2D eigenvalue weighted by atomic mass is 9.94. The molecule has 5 heteroatoms. The lowest BCUT2D eigenvalue weighted by Crippen LogP contribution is -2.09. The van der Waals surface area contributed by atoms with E-state index in [9.17, 15) is 0 Å². The third-order valence-electron chi connectivity index (χ3n) is 11.0. The smallest absolute Gasteiger partial charge is 0.164 e. The third kappa shape index (κ3) is 6.97. The third-order valence-corrected chi connectivity index (χ3v) is 11.0. The molecule has 0 fully saturated rings. The van der Waals surface area contributed by atoms with Gasteiger partial charge in [-0.25, -0.2) is 15.0 Å². The second kappa shape index (κ2) is 16.0. The Kier molecular flexibility index (Phi) is 8.12. The number of furan rings is 1. The van der Waals surface area contributed by atoms with E-state index in [0.29, 0.717) is 17.0 Å². The van der Waals surface area contributed by atoms with Gasteiger partial charge in [-0.3, -0.25) is 0 Å². The molecule has 0 saturated carbocycles. The fourth-order valence-corrected chi connectivity index (χ4v) is 8.06. The van der Waals surface area contributed by atoms with Crippen molar-refractivity contribution in [1.82, 2.24) is 15.0 Å². The van der Waals surface area contributed by atoms with Crippen LogP contribution in [0.15, 0.2) is 235 Å². The lowest BCUT2D eigenvalue weighted by Gasteiger charge is -2.26. The van der Waals surface area contributed by atoms with Crippen LogP contribution in [0, 0.1) is 0 Å². The molecule has 11 aromatic rings. The summed E-state index contributed by atoms with van der Waals surface area (Å²) >= 11 is 0. The highest BCUT2D eigenvalue weighted by atomic mass is 16.3. The van der Waals surface area contributed by atoms with Gasteiger partial charge in [0.15, 0.2) is 17.5 Å². The molecule has 0 saturated heterocycles. The molecule has 0 aliphatic carbocycles. The van der Waals surface area contributed by atoms with Crippen LogP contribution in [0.25, 0.3) is 89.5 Å². The van der Waals surface area contributed by atoms with Gasteiger partial charge in [0, 0.05) is 50.1 Å². The second-order valence-corrected chi connectivity index (χ2v) is 14.8. The van der Waals surface area contributed by atoms with Gasteiger partial charge in [0.2, 0.25) is 0 Å². The molecular weight excluding hydrogens is 757 g/mol. The molecule has 292 valence electrons. The molecule has 0 N–H and O–H groups in total. The second-order valence-electron chi connectivity index (χ2n) is 14.8. The summed E-state index contributed by atoms with van der Waals surface area (Å²) in [5, 5.41) is 1.98. The van der Waals surface area contributed by atoms with Crippen molar-refractivity contribution in [1.29, 1.82) is 0 Å². The van der Waals surface area contributed by atoms with E-state index in [1.54, 1.807) is 0 Å². The molecule has 9 aromatic carbocycles. The van der Waals surface area contributed by atoms with Gasteiger partial charge in [0.05, 0.1) is 6.85 Å². The minimum absolute atomic E-state index is 0.0193. The molecule has 62 heavy (non-hydrogen) atoms. The van der Waals surface area contributed by atoms with Crippen molar-refractivity contribution in [2.24, 2.45) is 0 Å². The van der Waals surface area contributed by atoms with Crippen molar-refractivity contribution in [3.8, 4) is 67.5 Å². The summed E-state index contributed by atoms with van der Waals surface area (Å²) in [6.45, 7) is 0. The Bertz CT molecular complexity index is 3590. The summed E-state index contributed by atoms with van der Waals surface area (Å²) < 4.78 is 49.0. The molecule has 0 amide bonds. The van der Waals surface area contributed by atoms with Crippen molar-refractivity contribution in [2.75, 3.05) is 4.90 Å². The van der Waals surface area contributed by atoms with Gasteiger partial charge in [-0.05, 0) is 82.4 Å². The minimum Gasteiger partial charge on any atom is -0.455 e.